The van der Waals surface area contributed by atoms with Gasteiger partial charge in [-0.15, -0.1) is 0 Å². The van der Waals surface area contributed by atoms with Gasteiger partial charge in [0.1, 0.15) is 0 Å². The minimum atomic E-state index is 0.0958. The molecule has 0 radical (unpaired) electrons. The van der Waals surface area contributed by atoms with Crippen LogP contribution in [-0.2, 0) is 4.79 Å². The average Bonchev–Trinajstić information content (AvgIpc) is 2.58. The lowest BCUT2D eigenvalue weighted by Crippen LogP contribution is -2.34. The van der Waals surface area contributed by atoms with E-state index in [9.17, 15) is 4.79 Å². The summed E-state index contributed by atoms with van der Waals surface area (Å²) in [6.45, 7) is 5.37. The SMILES string of the molecule is CCCCC(NC(=O)CCN1CCCCCCC1)c1cccnc1. The molecule has 1 saturated heterocycles. The molecule has 1 atom stereocenters. The van der Waals surface area contributed by atoms with Crippen LogP contribution in [0, 0.1) is 0 Å². The van der Waals surface area contributed by atoms with Crippen molar-refractivity contribution in [2.24, 2.45) is 0 Å². The zero-order valence-electron chi connectivity index (χ0n) is 15.2. The maximum atomic E-state index is 12.4. The normalized spacial score (nSPS) is 17.7. The van der Waals surface area contributed by atoms with Crippen LogP contribution in [0.25, 0.3) is 0 Å². The number of nitrogens with one attached hydrogen (secondary N) is 1. The van der Waals surface area contributed by atoms with Crippen LogP contribution in [0.5, 0.6) is 0 Å². The Balaban J connectivity index is 1.81. The summed E-state index contributed by atoms with van der Waals surface area (Å²) in [6, 6.07) is 4.10. The second-order valence-electron chi connectivity index (χ2n) is 6.91. The van der Waals surface area contributed by atoms with Crippen molar-refractivity contribution in [3.63, 3.8) is 0 Å². The van der Waals surface area contributed by atoms with Crippen LogP contribution >= 0.6 is 0 Å². The summed E-state index contributed by atoms with van der Waals surface area (Å²) in [6.07, 6.45) is 14.1. The second kappa shape index (κ2) is 11.2. The number of hydrogen-bond donors (Lipinski definition) is 1. The zero-order valence-corrected chi connectivity index (χ0v) is 15.2. The van der Waals surface area contributed by atoms with Gasteiger partial charge in [0.2, 0.25) is 5.91 Å². The molecule has 4 nitrogen and oxygen atoms in total. The largest absolute Gasteiger partial charge is 0.349 e. The Morgan fingerprint density at radius 1 is 1.25 bits per heavy atom. The number of unbranched alkanes of at least 4 members (excludes halogenated alkanes) is 1. The van der Waals surface area contributed by atoms with Crippen LogP contribution in [-0.4, -0.2) is 35.4 Å². The molecule has 24 heavy (non-hydrogen) atoms. The highest BCUT2D eigenvalue weighted by Crippen LogP contribution is 2.18. The molecule has 1 aromatic rings. The van der Waals surface area contributed by atoms with Gasteiger partial charge in [-0.3, -0.25) is 9.78 Å². The molecule has 0 aliphatic carbocycles. The first-order valence-corrected chi connectivity index (χ1v) is 9.71. The third-order valence-corrected chi connectivity index (χ3v) is 4.87. The molecule has 2 rings (SSSR count). The molecule has 1 aliphatic heterocycles. The van der Waals surface area contributed by atoms with Gasteiger partial charge in [0.15, 0.2) is 0 Å². The lowest BCUT2D eigenvalue weighted by atomic mass is 10.0. The van der Waals surface area contributed by atoms with Crippen molar-refractivity contribution >= 4 is 5.91 Å². The fraction of sp³-hybridized carbons (Fsp3) is 0.700. The minimum absolute atomic E-state index is 0.0958. The van der Waals surface area contributed by atoms with Crippen LogP contribution in [0.2, 0.25) is 0 Å². The van der Waals surface area contributed by atoms with E-state index in [1.165, 1.54) is 32.1 Å². The fourth-order valence-electron chi connectivity index (χ4n) is 3.38. The van der Waals surface area contributed by atoms with E-state index in [1.54, 1.807) is 6.20 Å². The van der Waals surface area contributed by atoms with Crippen molar-refractivity contribution < 1.29 is 4.79 Å². The number of pyridine rings is 1. The summed E-state index contributed by atoms with van der Waals surface area (Å²) in [5.74, 6) is 0.169. The Bertz CT molecular complexity index is 455. The Hall–Kier alpha value is -1.42. The van der Waals surface area contributed by atoms with E-state index in [0.717, 1.165) is 44.5 Å². The highest BCUT2D eigenvalue weighted by Gasteiger charge is 2.15. The van der Waals surface area contributed by atoms with E-state index >= 15 is 0 Å². The first kappa shape index (κ1) is 18.9. The highest BCUT2D eigenvalue weighted by molar-refractivity contribution is 5.76. The van der Waals surface area contributed by atoms with E-state index in [2.05, 4.69) is 28.2 Å². The fourth-order valence-corrected chi connectivity index (χ4v) is 3.38. The number of nitrogens with zero attached hydrogens (tertiary/aromatic N) is 2. The monoisotopic (exact) mass is 331 g/mol. The van der Waals surface area contributed by atoms with Gasteiger partial charge in [-0.25, -0.2) is 0 Å². The van der Waals surface area contributed by atoms with Gasteiger partial charge in [0.25, 0.3) is 0 Å². The summed E-state index contributed by atoms with van der Waals surface area (Å²) in [7, 11) is 0. The molecular formula is C20H33N3O. The van der Waals surface area contributed by atoms with Gasteiger partial charge in [-0.1, -0.05) is 45.1 Å². The smallest absolute Gasteiger partial charge is 0.221 e. The Morgan fingerprint density at radius 2 is 2.00 bits per heavy atom. The molecule has 0 aromatic carbocycles. The lowest BCUT2D eigenvalue weighted by molar-refractivity contribution is -0.122. The van der Waals surface area contributed by atoms with Gasteiger partial charge < -0.3 is 10.2 Å². The molecule has 4 heteroatoms. The van der Waals surface area contributed by atoms with E-state index in [-0.39, 0.29) is 11.9 Å². The maximum Gasteiger partial charge on any atom is 0.221 e. The van der Waals surface area contributed by atoms with Gasteiger partial charge in [-0.2, -0.15) is 0 Å². The van der Waals surface area contributed by atoms with Crippen molar-refractivity contribution in [1.29, 1.82) is 0 Å². The van der Waals surface area contributed by atoms with E-state index in [1.807, 2.05) is 12.3 Å². The number of amides is 1. The Kier molecular flexibility index (Phi) is 8.82. The molecule has 1 unspecified atom stereocenters. The minimum Gasteiger partial charge on any atom is -0.349 e. The molecule has 1 N–H and O–H groups in total. The van der Waals surface area contributed by atoms with E-state index < -0.39 is 0 Å². The molecule has 0 spiro atoms. The van der Waals surface area contributed by atoms with Crippen LogP contribution in [0.15, 0.2) is 24.5 Å². The topological polar surface area (TPSA) is 45.2 Å². The molecule has 1 aliphatic rings. The van der Waals surface area contributed by atoms with Crippen molar-refractivity contribution in [1.82, 2.24) is 15.2 Å². The number of carbonyl (C=O) groups excluding carboxylic acids is 1. The zero-order chi connectivity index (χ0) is 17.0. The molecule has 0 bridgehead atoms. The van der Waals surface area contributed by atoms with Crippen molar-refractivity contribution in [3.05, 3.63) is 30.1 Å². The van der Waals surface area contributed by atoms with Crippen LogP contribution < -0.4 is 5.32 Å². The van der Waals surface area contributed by atoms with Crippen LogP contribution in [0.4, 0.5) is 0 Å². The number of rotatable bonds is 8. The summed E-state index contributed by atoms with van der Waals surface area (Å²) < 4.78 is 0. The summed E-state index contributed by atoms with van der Waals surface area (Å²) >= 11 is 0. The standard InChI is InChI=1S/C20H33N3O/c1-2-3-11-19(18-10-9-13-21-17-18)22-20(24)12-16-23-14-7-5-4-6-8-15-23/h9-10,13,17,19H,2-8,11-12,14-16H2,1H3,(H,22,24). The third-order valence-electron chi connectivity index (χ3n) is 4.87. The summed E-state index contributed by atoms with van der Waals surface area (Å²) in [5, 5.41) is 3.23. The quantitative estimate of drug-likeness (QED) is 0.780. The van der Waals surface area contributed by atoms with Crippen molar-refractivity contribution in [2.45, 2.75) is 70.8 Å². The molecule has 1 aromatic heterocycles. The van der Waals surface area contributed by atoms with Gasteiger partial charge >= 0.3 is 0 Å². The average molecular weight is 332 g/mol. The number of carbonyl (C=O) groups is 1. The van der Waals surface area contributed by atoms with E-state index in [0.29, 0.717) is 6.42 Å². The summed E-state index contributed by atoms with van der Waals surface area (Å²) in [5.41, 5.74) is 1.12. The molecule has 1 fully saturated rings. The Labute approximate surface area is 147 Å². The first-order chi connectivity index (χ1) is 11.8. The third kappa shape index (κ3) is 7.00. The molecule has 1 amide bonds. The number of likely N-dealkylation sites (tertiary alicyclic amines) is 1. The van der Waals surface area contributed by atoms with E-state index in [4.69, 9.17) is 0 Å². The van der Waals surface area contributed by atoms with Crippen LogP contribution in [0.1, 0.15) is 76.3 Å². The molecule has 2 heterocycles. The molecule has 134 valence electrons. The predicted octanol–water partition coefficient (Wildman–Crippen LogP) is 4.09. The second-order valence-corrected chi connectivity index (χ2v) is 6.91. The molecular weight excluding hydrogens is 298 g/mol. The number of aromatic nitrogens is 1. The van der Waals surface area contributed by atoms with Crippen LogP contribution in [0.3, 0.4) is 0 Å². The van der Waals surface area contributed by atoms with Gasteiger partial charge in [0.05, 0.1) is 6.04 Å². The van der Waals surface area contributed by atoms with Gasteiger partial charge in [-0.05, 0) is 44.0 Å². The van der Waals surface area contributed by atoms with Crippen molar-refractivity contribution in [2.75, 3.05) is 19.6 Å². The molecule has 0 saturated carbocycles. The van der Waals surface area contributed by atoms with Gasteiger partial charge in [0, 0.05) is 25.4 Å². The predicted molar refractivity (Wildman–Crippen MR) is 98.8 cm³/mol. The lowest BCUT2D eigenvalue weighted by Gasteiger charge is -2.25. The highest BCUT2D eigenvalue weighted by atomic mass is 16.1. The Morgan fingerprint density at radius 3 is 2.67 bits per heavy atom. The summed E-state index contributed by atoms with van der Waals surface area (Å²) in [4.78, 5) is 19.1. The number of hydrogen-bond acceptors (Lipinski definition) is 3. The maximum absolute atomic E-state index is 12.4. The first-order valence-electron chi connectivity index (χ1n) is 9.71. The van der Waals surface area contributed by atoms with Crippen molar-refractivity contribution in [3.8, 4) is 0 Å².